The van der Waals surface area contributed by atoms with Gasteiger partial charge in [-0.2, -0.15) is 5.10 Å². The van der Waals surface area contributed by atoms with Crippen LogP contribution in [0, 0.1) is 13.8 Å². The summed E-state index contributed by atoms with van der Waals surface area (Å²) in [5, 5.41) is 7.18. The molecule has 2 fully saturated rings. The van der Waals surface area contributed by atoms with Crippen LogP contribution in [0.1, 0.15) is 28.9 Å². The molecule has 0 saturated carbocycles. The number of aromatic nitrogens is 2. The smallest absolute Gasteiger partial charge is 0.227 e. The normalized spacial score (nSPS) is 21.4. The third-order valence-electron chi connectivity index (χ3n) is 6.29. The van der Waals surface area contributed by atoms with Gasteiger partial charge in [0.05, 0.1) is 12.1 Å². The number of aromatic amines is 1. The van der Waals surface area contributed by atoms with E-state index >= 15 is 0 Å². The fourth-order valence-corrected chi connectivity index (χ4v) is 4.53. The summed E-state index contributed by atoms with van der Waals surface area (Å²) in [5.74, 6) is 0.226. The molecule has 28 heavy (non-hydrogen) atoms. The van der Waals surface area contributed by atoms with E-state index in [9.17, 15) is 4.79 Å². The summed E-state index contributed by atoms with van der Waals surface area (Å²) in [6, 6.07) is 11.4. The van der Waals surface area contributed by atoms with Crippen LogP contribution >= 0.6 is 0 Å². The average Bonchev–Trinajstić information content (AvgIpc) is 3.31. The number of rotatable bonds is 5. The summed E-state index contributed by atoms with van der Waals surface area (Å²) in [5.41, 5.74) is 4.39. The van der Waals surface area contributed by atoms with Gasteiger partial charge in [-0.1, -0.05) is 30.3 Å². The summed E-state index contributed by atoms with van der Waals surface area (Å²) in [6.07, 6.45) is 1.69. The van der Waals surface area contributed by atoms with Crippen LogP contribution in [0.5, 0.6) is 0 Å². The molecule has 2 saturated heterocycles. The van der Waals surface area contributed by atoms with E-state index in [0.29, 0.717) is 12.5 Å². The number of aryl methyl sites for hydroxylation is 2. The Bertz CT molecular complexity index is 775. The topological polar surface area (TPSA) is 55.5 Å². The highest BCUT2D eigenvalue weighted by Crippen LogP contribution is 2.20. The maximum atomic E-state index is 12.7. The standard InChI is InChI=1S/C22H31N5O/c1-17-21(18(2)24-23-17)14-22(28)27-12-10-26(11-13-27)20-8-9-25(16-20)15-19-6-4-3-5-7-19/h3-7,20H,8-16H2,1-2H3,(H,23,24). The van der Waals surface area contributed by atoms with Gasteiger partial charge < -0.3 is 4.90 Å². The number of H-pyrrole nitrogens is 1. The van der Waals surface area contributed by atoms with Gasteiger partial charge in [0.2, 0.25) is 5.91 Å². The van der Waals surface area contributed by atoms with Gasteiger partial charge in [0.15, 0.2) is 0 Å². The Morgan fingerprint density at radius 2 is 1.86 bits per heavy atom. The number of amides is 1. The lowest BCUT2D eigenvalue weighted by molar-refractivity contribution is -0.132. The first-order valence-electron chi connectivity index (χ1n) is 10.4. The second-order valence-electron chi connectivity index (χ2n) is 8.17. The van der Waals surface area contributed by atoms with E-state index < -0.39 is 0 Å². The second kappa shape index (κ2) is 8.45. The van der Waals surface area contributed by atoms with Crippen LogP contribution < -0.4 is 0 Å². The van der Waals surface area contributed by atoms with Gasteiger partial charge in [0.1, 0.15) is 0 Å². The molecule has 1 atom stereocenters. The molecule has 2 aliphatic heterocycles. The molecule has 150 valence electrons. The SMILES string of the molecule is Cc1n[nH]c(C)c1CC(=O)N1CCN(C2CCN(Cc3ccccc3)C2)CC1. The quantitative estimate of drug-likeness (QED) is 0.861. The minimum Gasteiger partial charge on any atom is -0.340 e. The molecule has 6 heteroatoms. The Kier molecular flexibility index (Phi) is 5.78. The van der Waals surface area contributed by atoms with Gasteiger partial charge in [0, 0.05) is 63.1 Å². The fourth-order valence-electron chi connectivity index (χ4n) is 4.53. The number of likely N-dealkylation sites (tertiary alicyclic amines) is 1. The molecule has 3 heterocycles. The molecule has 1 aromatic heterocycles. The molecule has 1 N–H and O–H groups in total. The fraction of sp³-hybridized carbons (Fsp3) is 0.545. The minimum absolute atomic E-state index is 0.226. The molecule has 0 bridgehead atoms. The molecule has 4 rings (SSSR count). The number of piperazine rings is 1. The highest BCUT2D eigenvalue weighted by Gasteiger charge is 2.31. The van der Waals surface area contributed by atoms with Crippen LogP contribution in [0.4, 0.5) is 0 Å². The molecule has 0 spiro atoms. The number of hydrogen-bond donors (Lipinski definition) is 1. The van der Waals surface area contributed by atoms with Gasteiger partial charge in [-0.25, -0.2) is 0 Å². The molecular formula is C22H31N5O. The molecule has 0 aliphatic carbocycles. The first kappa shape index (κ1) is 19.2. The number of carbonyl (C=O) groups is 1. The average molecular weight is 382 g/mol. The number of nitrogens with zero attached hydrogens (tertiary/aromatic N) is 4. The predicted octanol–water partition coefficient (Wildman–Crippen LogP) is 1.99. The van der Waals surface area contributed by atoms with E-state index in [1.165, 1.54) is 12.0 Å². The zero-order chi connectivity index (χ0) is 19.5. The molecule has 1 amide bonds. The zero-order valence-corrected chi connectivity index (χ0v) is 17.0. The molecule has 6 nitrogen and oxygen atoms in total. The van der Waals surface area contributed by atoms with Gasteiger partial charge in [0.25, 0.3) is 0 Å². The van der Waals surface area contributed by atoms with Crippen molar-refractivity contribution in [2.24, 2.45) is 0 Å². The van der Waals surface area contributed by atoms with E-state index in [1.807, 2.05) is 18.7 Å². The maximum absolute atomic E-state index is 12.7. The summed E-state index contributed by atoms with van der Waals surface area (Å²) in [7, 11) is 0. The summed E-state index contributed by atoms with van der Waals surface area (Å²) < 4.78 is 0. The van der Waals surface area contributed by atoms with Crippen LogP contribution in [0.15, 0.2) is 30.3 Å². The Morgan fingerprint density at radius 1 is 1.11 bits per heavy atom. The largest absolute Gasteiger partial charge is 0.340 e. The second-order valence-corrected chi connectivity index (χ2v) is 8.17. The molecular weight excluding hydrogens is 350 g/mol. The molecule has 0 radical (unpaired) electrons. The first-order valence-corrected chi connectivity index (χ1v) is 10.4. The number of carbonyl (C=O) groups excluding carboxylic acids is 1. The van der Waals surface area contributed by atoms with E-state index in [0.717, 1.165) is 62.8 Å². The molecule has 1 aromatic carbocycles. The Hall–Kier alpha value is -2.18. The lowest BCUT2D eigenvalue weighted by atomic mass is 10.1. The third kappa shape index (κ3) is 4.28. The Labute approximate surface area is 167 Å². The van der Waals surface area contributed by atoms with Crippen molar-refractivity contribution >= 4 is 5.91 Å². The van der Waals surface area contributed by atoms with Crippen LogP contribution in [-0.2, 0) is 17.8 Å². The van der Waals surface area contributed by atoms with E-state index in [1.54, 1.807) is 0 Å². The first-order chi connectivity index (χ1) is 13.6. The summed E-state index contributed by atoms with van der Waals surface area (Å²) in [4.78, 5) is 19.9. The Morgan fingerprint density at radius 3 is 2.54 bits per heavy atom. The molecule has 2 aliphatic rings. The van der Waals surface area contributed by atoms with E-state index in [4.69, 9.17) is 0 Å². The predicted molar refractivity (Wildman–Crippen MR) is 110 cm³/mol. The minimum atomic E-state index is 0.226. The van der Waals surface area contributed by atoms with Crippen molar-refractivity contribution in [1.82, 2.24) is 24.9 Å². The highest BCUT2D eigenvalue weighted by molar-refractivity contribution is 5.79. The monoisotopic (exact) mass is 381 g/mol. The van der Waals surface area contributed by atoms with E-state index in [2.05, 4.69) is 50.3 Å². The van der Waals surface area contributed by atoms with Crippen molar-refractivity contribution < 1.29 is 4.79 Å². The summed E-state index contributed by atoms with van der Waals surface area (Å²) in [6.45, 7) is 10.9. The van der Waals surface area contributed by atoms with Crippen LogP contribution in [0.3, 0.4) is 0 Å². The number of benzene rings is 1. The number of nitrogens with one attached hydrogen (secondary N) is 1. The van der Waals surface area contributed by atoms with Crippen molar-refractivity contribution in [3.05, 3.63) is 52.8 Å². The molecule has 1 unspecified atom stereocenters. The van der Waals surface area contributed by atoms with Crippen molar-refractivity contribution in [2.75, 3.05) is 39.3 Å². The zero-order valence-electron chi connectivity index (χ0n) is 17.0. The van der Waals surface area contributed by atoms with Crippen molar-refractivity contribution in [2.45, 2.75) is 39.3 Å². The van der Waals surface area contributed by atoms with Crippen LogP contribution in [-0.4, -0.2) is 76.1 Å². The van der Waals surface area contributed by atoms with Crippen molar-refractivity contribution in [3.8, 4) is 0 Å². The maximum Gasteiger partial charge on any atom is 0.227 e. The molecule has 2 aromatic rings. The van der Waals surface area contributed by atoms with Gasteiger partial charge in [-0.15, -0.1) is 0 Å². The van der Waals surface area contributed by atoms with Gasteiger partial charge in [-0.3, -0.25) is 19.7 Å². The van der Waals surface area contributed by atoms with E-state index in [-0.39, 0.29) is 5.91 Å². The Balaban J connectivity index is 1.25. The lowest BCUT2D eigenvalue weighted by Gasteiger charge is -2.38. The van der Waals surface area contributed by atoms with Crippen LogP contribution in [0.25, 0.3) is 0 Å². The lowest BCUT2D eigenvalue weighted by Crippen LogP contribution is -2.52. The highest BCUT2D eigenvalue weighted by atomic mass is 16.2. The van der Waals surface area contributed by atoms with Gasteiger partial charge >= 0.3 is 0 Å². The van der Waals surface area contributed by atoms with Gasteiger partial charge in [-0.05, 0) is 25.8 Å². The summed E-state index contributed by atoms with van der Waals surface area (Å²) >= 11 is 0. The van der Waals surface area contributed by atoms with Crippen molar-refractivity contribution in [1.29, 1.82) is 0 Å². The van der Waals surface area contributed by atoms with Crippen molar-refractivity contribution in [3.63, 3.8) is 0 Å². The third-order valence-corrected chi connectivity index (χ3v) is 6.29. The number of hydrogen-bond acceptors (Lipinski definition) is 4. The van der Waals surface area contributed by atoms with Crippen LogP contribution in [0.2, 0.25) is 0 Å².